The van der Waals surface area contributed by atoms with Crippen molar-refractivity contribution in [2.75, 3.05) is 25.4 Å². The van der Waals surface area contributed by atoms with Crippen molar-refractivity contribution in [2.24, 2.45) is 5.73 Å². The summed E-state index contributed by atoms with van der Waals surface area (Å²) in [6.07, 6.45) is 0.533. The number of morpholine rings is 1. The Hall–Kier alpha value is -1.28. The molecule has 0 aromatic carbocycles. The van der Waals surface area contributed by atoms with Crippen LogP contribution in [0, 0.1) is 0 Å². The highest BCUT2D eigenvalue weighted by Crippen LogP contribution is 2.47. The molecule has 0 bridgehead atoms. The van der Waals surface area contributed by atoms with Gasteiger partial charge in [-0.1, -0.05) is 0 Å². The Balaban J connectivity index is 1.73. The zero-order chi connectivity index (χ0) is 15.2. The van der Waals surface area contributed by atoms with Crippen molar-refractivity contribution in [3.63, 3.8) is 0 Å². The van der Waals surface area contributed by atoms with Crippen molar-refractivity contribution in [1.82, 2.24) is 9.80 Å². The molecule has 8 heteroatoms. The molecule has 3 fully saturated rings. The van der Waals surface area contributed by atoms with Crippen LogP contribution < -0.4 is 5.73 Å². The van der Waals surface area contributed by atoms with Crippen LogP contribution in [-0.4, -0.2) is 70.0 Å². The maximum absolute atomic E-state index is 12.7. The summed E-state index contributed by atoms with van der Waals surface area (Å²) < 4.78 is 5.26. The predicted octanol–water partition coefficient (Wildman–Crippen LogP) is -0.847. The molecule has 3 aliphatic heterocycles. The van der Waals surface area contributed by atoms with Crippen LogP contribution in [-0.2, 0) is 19.1 Å². The first-order chi connectivity index (χ1) is 9.92. The summed E-state index contributed by atoms with van der Waals surface area (Å²) in [6, 6.07) is -0.429. The van der Waals surface area contributed by atoms with Crippen LogP contribution in [0.25, 0.3) is 0 Å². The summed E-state index contributed by atoms with van der Waals surface area (Å²) in [5.41, 5.74) is 5.24. The lowest BCUT2D eigenvalue weighted by Crippen LogP contribution is -2.56. The lowest BCUT2D eigenvalue weighted by atomic mass is 10.1. The molecule has 2 N–H and O–H groups in total. The van der Waals surface area contributed by atoms with Gasteiger partial charge in [-0.25, -0.2) is 0 Å². The third-order valence-electron chi connectivity index (χ3n) is 4.43. The first kappa shape index (κ1) is 14.6. The number of ether oxygens (including phenoxy) is 1. The number of amides is 3. The number of fused-ring (bicyclic) bond motifs is 1. The maximum atomic E-state index is 12.7. The maximum Gasteiger partial charge on any atom is 0.248 e. The average molecular weight is 313 g/mol. The smallest absolute Gasteiger partial charge is 0.248 e. The number of nitrogens with zero attached hydrogens (tertiary/aromatic N) is 2. The van der Waals surface area contributed by atoms with Gasteiger partial charge in [0.25, 0.3) is 0 Å². The lowest BCUT2D eigenvalue weighted by molar-refractivity contribution is -0.152. The van der Waals surface area contributed by atoms with Gasteiger partial charge in [0.05, 0.1) is 18.0 Å². The number of hydrogen-bond donors (Lipinski definition) is 1. The second-order valence-corrected chi connectivity index (χ2v) is 7.31. The van der Waals surface area contributed by atoms with E-state index in [-0.39, 0.29) is 23.2 Å². The van der Waals surface area contributed by atoms with Gasteiger partial charge in [0.2, 0.25) is 17.7 Å². The minimum absolute atomic E-state index is 0.0422. The molecular weight excluding hydrogens is 294 g/mol. The monoisotopic (exact) mass is 313 g/mol. The fourth-order valence-corrected chi connectivity index (χ4v) is 4.66. The molecule has 3 atom stereocenters. The highest BCUT2D eigenvalue weighted by molar-refractivity contribution is 8.01. The predicted molar refractivity (Wildman–Crippen MR) is 76.2 cm³/mol. The Kier molecular flexibility index (Phi) is 3.61. The van der Waals surface area contributed by atoms with Crippen LogP contribution in [0.4, 0.5) is 0 Å². The summed E-state index contributed by atoms with van der Waals surface area (Å²) in [5, 5.41) is 0. The molecule has 3 saturated heterocycles. The number of carbonyl (C=O) groups excluding carboxylic acids is 3. The lowest BCUT2D eigenvalue weighted by Gasteiger charge is -2.36. The zero-order valence-corrected chi connectivity index (χ0v) is 12.7. The van der Waals surface area contributed by atoms with E-state index in [4.69, 9.17) is 10.5 Å². The van der Waals surface area contributed by atoms with E-state index in [1.165, 1.54) is 0 Å². The van der Waals surface area contributed by atoms with Gasteiger partial charge < -0.3 is 20.3 Å². The van der Waals surface area contributed by atoms with Crippen molar-refractivity contribution in [1.29, 1.82) is 0 Å². The molecule has 0 saturated carbocycles. The molecule has 3 rings (SSSR count). The second kappa shape index (κ2) is 5.17. The molecule has 0 radical (unpaired) electrons. The van der Waals surface area contributed by atoms with Gasteiger partial charge >= 0.3 is 0 Å². The Morgan fingerprint density at radius 1 is 1.48 bits per heavy atom. The number of nitrogens with two attached hydrogens (primary N) is 1. The molecule has 7 nitrogen and oxygen atoms in total. The van der Waals surface area contributed by atoms with E-state index in [2.05, 4.69) is 0 Å². The molecule has 0 spiro atoms. The van der Waals surface area contributed by atoms with Crippen molar-refractivity contribution in [3.8, 4) is 0 Å². The highest BCUT2D eigenvalue weighted by atomic mass is 32.2. The minimum atomic E-state index is -0.752. The van der Waals surface area contributed by atoms with Crippen molar-refractivity contribution in [2.45, 2.75) is 36.8 Å². The standard InChI is InChI=1S/C13H19N3O4S/c1-13-3-2-10(17)16(13)8(7-21-13)12(19)15-4-5-20-9(6-15)11(14)18/h8-9H,2-7H2,1H3,(H2,14,18). The van der Waals surface area contributed by atoms with Gasteiger partial charge in [0, 0.05) is 18.7 Å². The van der Waals surface area contributed by atoms with Gasteiger partial charge in [-0.3, -0.25) is 14.4 Å². The SMILES string of the molecule is CC12CCC(=O)N1C(C(=O)N1CCOC(C(N)=O)C1)CS2. The molecule has 3 unspecified atom stereocenters. The van der Waals surface area contributed by atoms with Crippen LogP contribution in [0.2, 0.25) is 0 Å². The van der Waals surface area contributed by atoms with E-state index < -0.39 is 18.1 Å². The zero-order valence-electron chi connectivity index (χ0n) is 11.9. The van der Waals surface area contributed by atoms with Crippen LogP contribution >= 0.6 is 11.8 Å². The van der Waals surface area contributed by atoms with E-state index in [9.17, 15) is 14.4 Å². The highest BCUT2D eigenvalue weighted by Gasteiger charge is 2.53. The third kappa shape index (κ3) is 2.40. The molecule has 116 valence electrons. The average Bonchev–Trinajstić information content (AvgIpc) is 2.95. The molecule has 0 aromatic rings. The number of carbonyl (C=O) groups is 3. The minimum Gasteiger partial charge on any atom is -0.367 e. The van der Waals surface area contributed by atoms with E-state index in [1.54, 1.807) is 21.6 Å². The Morgan fingerprint density at radius 2 is 2.24 bits per heavy atom. The summed E-state index contributed by atoms with van der Waals surface area (Å²) in [6.45, 7) is 2.92. The normalized spacial score (nSPS) is 36.0. The third-order valence-corrected chi connectivity index (χ3v) is 5.93. The van der Waals surface area contributed by atoms with Gasteiger partial charge in [-0.2, -0.15) is 0 Å². The van der Waals surface area contributed by atoms with Crippen molar-refractivity contribution < 1.29 is 19.1 Å². The molecule has 0 aromatic heterocycles. The van der Waals surface area contributed by atoms with Crippen molar-refractivity contribution >= 4 is 29.5 Å². The molecule has 21 heavy (non-hydrogen) atoms. The van der Waals surface area contributed by atoms with E-state index in [0.717, 1.165) is 6.42 Å². The molecular formula is C13H19N3O4S. The fraction of sp³-hybridized carbons (Fsp3) is 0.769. The Bertz CT molecular complexity index is 500. The molecule has 3 heterocycles. The first-order valence-corrected chi connectivity index (χ1v) is 8.07. The molecule has 3 aliphatic rings. The second-order valence-electron chi connectivity index (χ2n) is 5.81. The number of hydrogen-bond acceptors (Lipinski definition) is 5. The summed E-state index contributed by atoms with van der Waals surface area (Å²) in [7, 11) is 0. The number of primary amides is 1. The topological polar surface area (TPSA) is 92.9 Å². The van der Waals surface area contributed by atoms with Gasteiger partial charge in [-0.05, 0) is 13.3 Å². The van der Waals surface area contributed by atoms with Crippen LogP contribution in [0.1, 0.15) is 19.8 Å². The number of thioether (sulfide) groups is 1. The van der Waals surface area contributed by atoms with E-state index in [1.807, 2.05) is 6.92 Å². The summed E-state index contributed by atoms with van der Waals surface area (Å²) in [5.74, 6) is -0.00776. The number of rotatable bonds is 2. The van der Waals surface area contributed by atoms with Crippen molar-refractivity contribution in [3.05, 3.63) is 0 Å². The summed E-state index contributed by atoms with van der Waals surface area (Å²) >= 11 is 1.66. The molecule has 3 amide bonds. The quantitative estimate of drug-likeness (QED) is 0.717. The van der Waals surface area contributed by atoms with Crippen LogP contribution in [0.3, 0.4) is 0 Å². The summed E-state index contributed by atoms with van der Waals surface area (Å²) in [4.78, 5) is 39.1. The largest absolute Gasteiger partial charge is 0.367 e. The Morgan fingerprint density at radius 3 is 2.95 bits per heavy atom. The van der Waals surface area contributed by atoms with Crippen LogP contribution in [0.5, 0.6) is 0 Å². The fourth-order valence-electron chi connectivity index (χ4n) is 3.24. The van der Waals surface area contributed by atoms with Gasteiger partial charge in [0.15, 0.2) is 6.10 Å². The Labute approximate surface area is 127 Å². The van der Waals surface area contributed by atoms with E-state index >= 15 is 0 Å². The van der Waals surface area contributed by atoms with Crippen LogP contribution in [0.15, 0.2) is 0 Å². The molecule has 0 aliphatic carbocycles. The first-order valence-electron chi connectivity index (χ1n) is 7.08. The van der Waals surface area contributed by atoms with Gasteiger partial charge in [0.1, 0.15) is 6.04 Å². The van der Waals surface area contributed by atoms with Gasteiger partial charge in [-0.15, -0.1) is 11.8 Å². The van der Waals surface area contributed by atoms with E-state index in [0.29, 0.717) is 25.3 Å².